The molecule has 5 nitrogen and oxygen atoms in total. The van der Waals surface area contributed by atoms with E-state index in [4.69, 9.17) is 22.4 Å². The number of ether oxygens (including phenoxy) is 2. The lowest BCUT2D eigenvalue weighted by Gasteiger charge is -2.15. The van der Waals surface area contributed by atoms with Gasteiger partial charge in [0.1, 0.15) is 11.4 Å². The number of carboxylic acid groups (broad SMARTS) is 1. The predicted octanol–water partition coefficient (Wildman–Crippen LogP) is 4.92. The molecule has 3 rings (SSSR count). The fraction of sp³-hybridized carbons (Fsp3) is 0.250. The molecule has 1 saturated carbocycles. The molecule has 1 heterocycles. The molecule has 0 atom stereocenters. The molecule has 0 amide bonds. The van der Waals surface area contributed by atoms with Gasteiger partial charge in [-0.3, -0.25) is 0 Å². The van der Waals surface area contributed by atoms with Crippen molar-refractivity contribution in [3.8, 4) is 17.4 Å². The van der Waals surface area contributed by atoms with Crippen molar-refractivity contribution < 1.29 is 38.3 Å². The highest BCUT2D eigenvalue weighted by Gasteiger charge is 2.37. The van der Waals surface area contributed by atoms with Gasteiger partial charge in [0, 0.05) is 6.07 Å². The molecule has 1 aromatic heterocycles. The van der Waals surface area contributed by atoms with Crippen molar-refractivity contribution in [1.82, 2.24) is 4.98 Å². The van der Waals surface area contributed by atoms with Crippen molar-refractivity contribution in [2.45, 2.75) is 25.1 Å². The number of hydrogen-bond acceptors (Lipinski definition) is 4. The van der Waals surface area contributed by atoms with Crippen LogP contribution in [0.25, 0.3) is 0 Å². The van der Waals surface area contributed by atoms with Crippen molar-refractivity contribution >= 4 is 17.6 Å². The molecule has 0 bridgehead atoms. The Balaban J connectivity index is 2.11. The van der Waals surface area contributed by atoms with E-state index < -0.39 is 46.2 Å². The van der Waals surface area contributed by atoms with Crippen LogP contribution in [0.5, 0.6) is 17.4 Å². The van der Waals surface area contributed by atoms with Crippen LogP contribution in [0.1, 0.15) is 30.3 Å². The first kappa shape index (κ1) is 16.9. The second-order valence-corrected chi connectivity index (χ2v) is 5.77. The van der Waals surface area contributed by atoms with E-state index in [9.17, 15) is 27.5 Å². The summed E-state index contributed by atoms with van der Waals surface area (Å²) in [6.07, 6.45) is -3.81. The first-order valence-electron chi connectivity index (χ1n) is 7.72. The van der Waals surface area contributed by atoms with Gasteiger partial charge in [-0.2, -0.15) is 13.2 Å². The summed E-state index contributed by atoms with van der Waals surface area (Å²) in [5.74, 6) is -3.81. The Labute approximate surface area is 150 Å². The van der Waals surface area contributed by atoms with E-state index in [1.54, 1.807) is 0 Å². The summed E-state index contributed by atoms with van der Waals surface area (Å²) in [6, 6.07) is 1.87. The fourth-order valence-corrected chi connectivity index (χ4v) is 2.21. The smallest absolute Gasteiger partial charge is 0.434 e. The summed E-state index contributed by atoms with van der Waals surface area (Å²) in [6.45, 7) is 0. The zero-order chi connectivity index (χ0) is 19.9. The Hall–Kier alpha value is -2.55. The van der Waals surface area contributed by atoms with E-state index >= 15 is 0 Å². The Morgan fingerprint density at radius 1 is 1.35 bits per heavy atom. The van der Waals surface area contributed by atoms with Crippen molar-refractivity contribution in [1.29, 1.82) is 0 Å². The molecule has 1 aliphatic rings. The normalized spacial score (nSPS) is 14.7. The van der Waals surface area contributed by atoms with Crippen molar-refractivity contribution in [3.63, 3.8) is 0 Å². The number of halogens is 5. The van der Waals surface area contributed by atoms with Crippen molar-refractivity contribution in [3.05, 3.63) is 46.3 Å². The number of hydrogen-bond donors (Lipinski definition) is 1. The van der Waals surface area contributed by atoms with Crippen LogP contribution < -0.4 is 9.47 Å². The maximum atomic E-state index is 13.5. The molecule has 1 aliphatic carbocycles. The van der Waals surface area contributed by atoms with Gasteiger partial charge in [-0.25, -0.2) is 14.2 Å². The summed E-state index contributed by atoms with van der Waals surface area (Å²) in [5, 5.41) is 8.07. The Morgan fingerprint density at radius 3 is 2.62 bits per heavy atom. The van der Waals surface area contributed by atoms with Crippen LogP contribution in [-0.4, -0.2) is 22.2 Å². The van der Waals surface area contributed by atoms with Crippen molar-refractivity contribution in [2.24, 2.45) is 0 Å². The third-order valence-corrected chi connectivity index (χ3v) is 3.56. The maximum Gasteiger partial charge on any atom is 0.434 e. The SMILES string of the molecule is [2H]c1c(Cl)c(C(F)(F)F)nc(Oc2ccc(F)cc2OC2CC2)c1C(=O)O. The van der Waals surface area contributed by atoms with Gasteiger partial charge in [0.15, 0.2) is 17.2 Å². The topological polar surface area (TPSA) is 68.7 Å². The minimum Gasteiger partial charge on any atom is -0.486 e. The van der Waals surface area contributed by atoms with Gasteiger partial charge in [-0.1, -0.05) is 11.6 Å². The molecule has 2 aromatic rings. The first-order chi connectivity index (χ1) is 12.6. The summed E-state index contributed by atoms with van der Waals surface area (Å²) in [7, 11) is 0. The molecule has 0 spiro atoms. The lowest BCUT2D eigenvalue weighted by atomic mass is 10.2. The molecule has 1 fully saturated rings. The third kappa shape index (κ3) is 3.98. The average molecular weight is 393 g/mol. The molecule has 0 aliphatic heterocycles. The van der Waals surface area contributed by atoms with Crippen molar-refractivity contribution in [2.75, 3.05) is 0 Å². The van der Waals surface area contributed by atoms with Crippen LogP contribution in [-0.2, 0) is 6.18 Å². The number of pyridine rings is 1. The summed E-state index contributed by atoms with van der Waals surface area (Å²) < 4.78 is 71.0. The van der Waals surface area contributed by atoms with Crippen LogP contribution in [0.15, 0.2) is 24.2 Å². The first-order valence-corrected chi connectivity index (χ1v) is 7.60. The number of aromatic nitrogens is 1. The molecule has 0 radical (unpaired) electrons. The molecular formula is C16H10ClF4NO4. The molecule has 1 aromatic carbocycles. The monoisotopic (exact) mass is 392 g/mol. The van der Waals surface area contributed by atoms with Gasteiger partial charge in [0.25, 0.3) is 0 Å². The minimum atomic E-state index is -5.04. The maximum absolute atomic E-state index is 13.5. The summed E-state index contributed by atoms with van der Waals surface area (Å²) in [5.41, 5.74) is -2.63. The Bertz CT molecular complexity index is 918. The fourth-order valence-electron chi connectivity index (χ4n) is 1.96. The second kappa shape index (κ2) is 6.64. The van der Waals surface area contributed by atoms with Crippen LogP contribution in [0.2, 0.25) is 5.02 Å². The van der Waals surface area contributed by atoms with Gasteiger partial charge >= 0.3 is 12.1 Å². The van der Waals surface area contributed by atoms with Gasteiger partial charge in [0.2, 0.25) is 5.88 Å². The van der Waals surface area contributed by atoms with Crippen LogP contribution in [0.4, 0.5) is 17.6 Å². The number of aromatic carboxylic acids is 1. The number of rotatable bonds is 5. The van der Waals surface area contributed by atoms with Gasteiger partial charge < -0.3 is 14.6 Å². The van der Waals surface area contributed by atoms with E-state index in [0.717, 1.165) is 18.2 Å². The highest BCUT2D eigenvalue weighted by atomic mass is 35.5. The molecule has 10 heteroatoms. The zero-order valence-electron chi connectivity index (χ0n) is 13.7. The molecule has 0 unspecified atom stereocenters. The standard InChI is InChI=1S/C16H10ClF4NO4/c17-10-6-9(15(23)24)14(22-13(10)16(19,20)21)26-11-4-1-7(18)5-12(11)25-8-2-3-8/h1,4-6,8H,2-3H2,(H,23,24)/i6D. The Morgan fingerprint density at radius 2 is 2.04 bits per heavy atom. The van der Waals surface area contributed by atoms with Gasteiger partial charge in [-0.05, 0) is 31.0 Å². The number of carbonyl (C=O) groups is 1. The van der Waals surface area contributed by atoms with E-state index in [2.05, 4.69) is 4.98 Å². The van der Waals surface area contributed by atoms with Crippen LogP contribution >= 0.6 is 11.6 Å². The summed E-state index contributed by atoms with van der Waals surface area (Å²) >= 11 is 5.47. The number of alkyl halides is 3. The molecule has 0 saturated heterocycles. The van der Waals surface area contributed by atoms with Crippen LogP contribution in [0, 0.1) is 5.82 Å². The lowest BCUT2D eigenvalue weighted by molar-refractivity contribution is -0.141. The Kier molecular flexibility index (Phi) is 4.31. The summed E-state index contributed by atoms with van der Waals surface area (Å²) in [4.78, 5) is 14.6. The minimum absolute atomic E-state index is 0.120. The third-order valence-electron chi connectivity index (χ3n) is 3.28. The zero-order valence-corrected chi connectivity index (χ0v) is 13.5. The van der Waals surface area contributed by atoms with E-state index in [0.29, 0.717) is 12.8 Å². The second-order valence-electron chi connectivity index (χ2n) is 5.39. The van der Waals surface area contributed by atoms with Gasteiger partial charge in [-0.15, -0.1) is 0 Å². The predicted molar refractivity (Wildman–Crippen MR) is 81.3 cm³/mol. The highest BCUT2D eigenvalue weighted by Crippen LogP contribution is 2.40. The largest absolute Gasteiger partial charge is 0.486 e. The lowest BCUT2D eigenvalue weighted by Crippen LogP contribution is -2.12. The van der Waals surface area contributed by atoms with Gasteiger partial charge in [0.05, 0.1) is 12.5 Å². The van der Waals surface area contributed by atoms with Crippen LogP contribution in [0.3, 0.4) is 0 Å². The van der Waals surface area contributed by atoms with E-state index in [1.165, 1.54) is 0 Å². The molecule has 1 N–H and O–H groups in total. The molecular weight excluding hydrogens is 382 g/mol. The number of nitrogens with zero attached hydrogens (tertiary/aromatic N) is 1. The molecule has 26 heavy (non-hydrogen) atoms. The quantitative estimate of drug-likeness (QED) is 0.731. The average Bonchev–Trinajstić information content (AvgIpc) is 3.35. The number of carboxylic acids is 1. The van der Waals surface area contributed by atoms with E-state index in [-0.39, 0.29) is 17.6 Å². The number of benzene rings is 1. The highest BCUT2D eigenvalue weighted by molar-refractivity contribution is 6.31. The molecule has 138 valence electrons. The van der Waals surface area contributed by atoms with E-state index in [1.807, 2.05) is 0 Å².